The first kappa shape index (κ1) is 24.9. The highest BCUT2D eigenvalue weighted by Crippen LogP contribution is 2.13. The summed E-state index contributed by atoms with van der Waals surface area (Å²) in [6.45, 7) is 0.170. The summed E-state index contributed by atoms with van der Waals surface area (Å²) in [4.78, 5) is 23.8. The molecule has 2 aromatic carbocycles. The van der Waals surface area contributed by atoms with Gasteiger partial charge in [0.15, 0.2) is 6.61 Å². The van der Waals surface area contributed by atoms with Crippen LogP contribution >= 0.6 is 0 Å². The second-order valence-electron chi connectivity index (χ2n) is 7.35. The molecule has 9 heteroatoms. The average Bonchev–Trinajstić information content (AvgIpc) is 3.38. The van der Waals surface area contributed by atoms with Crippen molar-refractivity contribution < 1.29 is 27.2 Å². The zero-order chi connectivity index (χ0) is 24.2. The van der Waals surface area contributed by atoms with Crippen molar-refractivity contribution in [3.05, 3.63) is 96.0 Å². The van der Waals surface area contributed by atoms with E-state index < -0.39 is 16.0 Å². The van der Waals surface area contributed by atoms with Crippen molar-refractivity contribution in [2.24, 2.45) is 0 Å². The molecular weight excluding hydrogens is 456 g/mol. The van der Waals surface area contributed by atoms with Crippen LogP contribution in [-0.4, -0.2) is 33.4 Å². The van der Waals surface area contributed by atoms with Gasteiger partial charge in [-0.1, -0.05) is 42.5 Å². The van der Waals surface area contributed by atoms with E-state index in [1.54, 1.807) is 24.3 Å². The third-order valence-electron chi connectivity index (χ3n) is 4.77. The molecule has 1 aromatic heterocycles. The number of sulfonamides is 1. The number of rotatable bonds is 12. The maximum absolute atomic E-state index is 12.3. The lowest BCUT2D eigenvalue weighted by molar-refractivity contribution is -0.143. The van der Waals surface area contributed by atoms with Crippen LogP contribution in [0.3, 0.4) is 0 Å². The van der Waals surface area contributed by atoms with Gasteiger partial charge in [0.1, 0.15) is 5.76 Å². The lowest BCUT2D eigenvalue weighted by atomic mass is 10.1. The molecule has 0 aliphatic rings. The molecule has 0 unspecified atom stereocenters. The van der Waals surface area contributed by atoms with Crippen LogP contribution in [0.25, 0.3) is 6.08 Å². The van der Waals surface area contributed by atoms with E-state index >= 15 is 0 Å². The number of carbonyl (C=O) groups excluding carboxylic acids is 2. The minimum absolute atomic E-state index is 0.0451. The maximum Gasteiger partial charge on any atom is 0.331 e. The van der Waals surface area contributed by atoms with Gasteiger partial charge in [0, 0.05) is 12.6 Å². The molecule has 178 valence electrons. The zero-order valence-corrected chi connectivity index (χ0v) is 19.3. The van der Waals surface area contributed by atoms with Gasteiger partial charge < -0.3 is 14.5 Å². The van der Waals surface area contributed by atoms with Crippen molar-refractivity contribution >= 4 is 28.0 Å². The molecule has 0 aliphatic carbocycles. The Hall–Kier alpha value is -3.69. The Morgan fingerprint density at radius 3 is 2.44 bits per heavy atom. The standard InChI is InChI=1S/C25H26N2O6S/c28-24(26-16-4-8-20-6-2-1-3-7-20)19-33-25(29)15-12-21-10-13-23(14-11-21)34(30,31)27-18-22-9-5-17-32-22/h1-3,5-7,9-15,17,27H,4,8,16,18-19H2,(H,26,28)/b15-12+. The van der Waals surface area contributed by atoms with Crippen LogP contribution in [0.5, 0.6) is 0 Å². The van der Waals surface area contributed by atoms with Gasteiger partial charge in [-0.2, -0.15) is 0 Å². The Morgan fingerprint density at radius 2 is 1.74 bits per heavy atom. The summed E-state index contributed by atoms with van der Waals surface area (Å²) in [5.74, 6) is -0.537. The van der Waals surface area contributed by atoms with E-state index in [2.05, 4.69) is 10.0 Å². The summed E-state index contributed by atoms with van der Waals surface area (Å²) >= 11 is 0. The lowest BCUT2D eigenvalue weighted by Gasteiger charge is -2.06. The van der Waals surface area contributed by atoms with Gasteiger partial charge in [-0.05, 0) is 54.3 Å². The second-order valence-corrected chi connectivity index (χ2v) is 9.12. The summed E-state index contributed by atoms with van der Waals surface area (Å²) in [6, 6.07) is 19.3. The highest BCUT2D eigenvalue weighted by Gasteiger charge is 2.14. The molecule has 0 saturated heterocycles. The van der Waals surface area contributed by atoms with Crippen molar-refractivity contribution in [3.63, 3.8) is 0 Å². The van der Waals surface area contributed by atoms with E-state index in [1.807, 2.05) is 30.3 Å². The van der Waals surface area contributed by atoms with Crippen LogP contribution in [0.2, 0.25) is 0 Å². The molecule has 34 heavy (non-hydrogen) atoms. The van der Waals surface area contributed by atoms with Crippen LogP contribution in [-0.2, 0) is 37.3 Å². The topological polar surface area (TPSA) is 115 Å². The van der Waals surface area contributed by atoms with E-state index in [1.165, 1.54) is 36.1 Å². The molecule has 0 aliphatic heterocycles. The first-order valence-corrected chi connectivity index (χ1v) is 12.2. The largest absolute Gasteiger partial charge is 0.468 e. The van der Waals surface area contributed by atoms with Gasteiger partial charge in [0.2, 0.25) is 10.0 Å². The number of nitrogens with one attached hydrogen (secondary N) is 2. The summed E-state index contributed by atoms with van der Waals surface area (Å²) in [5, 5.41) is 2.71. The average molecular weight is 483 g/mol. The van der Waals surface area contributed by atoms with Crippen molar-refractivity contribution in [1.29, 1.82) is 0 Å². The van der Waals surface area contributed by atoms with Crippen LogP contribution in [0.4, 0.5) is 0 Å². The third-order valence-corrected chi connectivity index (χ3v) is 6.19. The highest BCUT2D eigenvalue weighted by atomic mass is 32.2. The Kier molecular flexibility index (Phi) is 9.19. The van der Waals surface area contributed by atoms with Crippen molar-refractivity contribution in [2.45, 2.75) is 24.3 Å². The normalized spacial score (nSPS) is 11.4. The molecule has 0 radical (unpaired) electrons. The Morgan fingerprint density at radius 1 is 0.971 bits per heavy atom. The fourth-order valence-electron chi connectivity index (χ4n) is 2.99. The lowest BCUT2D eigenvalue weighted by Crippen LogP contribution is -2.29. The fourth-order valence-corrected chi connectivity index (χ4v) is 3.98. The predicted octanol–water partition coefficient (Wildman–Crippen LogP) is 3.06. The summed E-state index contributed by atoms with van der Waals surface area (Å²) in [5.41, 5.74) is 1.80. The van der Waals surface area contributed by atoms with Crippen molar-refractivity contribution in [2.75, 3.05) is 13.2 Å². The van der Waals surface area contributed by atoms with E-state index in [4.69, 9.17) is 9.15 Å². The summed E-state index contributed by atoms with van der Waals surface area (Å²) < 4.78 is 37.2. The second kappa shape index (κ2) is 12.5. The zero-order valence-electron chi connectivity index (χ0n) is 18.5. The van der Waals surface area contributed by atoms with Gasteiger partial charge in [0.05, 0.1) is 17.7 Å². The molecule has 0 atom stereocenters. The number of carbonyl (C=O) groups is 2. The van der Waals surface area contributed by atoms with Crippen LogP contribution in [0, 0.1) is 0 Å². The fraction of sp³-hybridized carbons (Fsp3) is 0.200. The number of hydrogen-bond acceptors (Lipinski definition) is 6. The van der Waals surface area contributed by atoms with Gasteiger partial charge in [-0.3, -0.25) is 4.79 Å². The molecule has 0 spiro atoms. The minimum Gasteiger partial charge on any atom is -0.468 e. The third kappa shape index (κ3) is 8.34. The van der Waals surface area contributed by atoms with Crippen LogP contribution in [0.1, 0.15) is 23.3 Å². The molecular formula is C25H26N2O6S. The Labute approximate surface area is 198 Å². The molecule has 1 amide bonds. The van der Waals surface area contributed by atoms with Gasteiger partial charge in [-0.15, -0.1) is 0 Å². The van der Waals surface area contributed by atoms with Crippen LogP contribution in [0.15, 0.2) is 88.4 Å². The van der Waals surface area contributed by atoms with Gasteiger partial charge in [0.25, 0.3) is 5.91 Å². The number of hydrogen-bond donors (Lipinski definition) is 2. The van der Waals surface area contributed by atoms with Crippen molar-refractivity contribution in [3.8, 4) is 0 Å². The maximum atomic E-state index is 12.3. The number of amides is 1. The first-order chi connectivity index (χ1) is 16.4. The molecule has 8 nitrogen and oxygen atoms in total. The number of aryl methyl sites for hydroxylation is 1. The first-order valence-electron chi connectivity index (χ1n) is 10.7. The summed E-state index contributed by atoms with van der Waals surface area (Å²) in [7, 11) is -3.70. The van der Waals surface area contributed by atoms with E-state index in [9.17, 15) is 18.0 Å². The Bertz CT molecular complexity index is 1190. The number of furan rings is 1. The van der Waals surface area contributed by atoms with E-state index in [0.717, 1.165) is 12.8 Å². The van der Waals surface area contributed by atoms with Crippen LogP contribution < -0.4 is 10.0 Å². The number of esters is 1. The molecule has 0 bridgehead atoms. The summed E-state index contributed by atoms with van der Waals surface area (Å²) in [6.07, 6.45) is 5.76. The van der Waals surface area contributed by atoms with E-state index in [-0.39, 0.29) is 24.0 Å². The van der Waals surface area contributed by atoms with Crippen molar-refractivity contribution in [1.82, 2.24) is 10.0 Å². The molecule has 0 saturated carbocycles. The van der Waals surface area contributed by atoms with E-state index in [0.29, 0.717) is 17.9 Å². The SMILES string of the molecule is O=C(COC(=O)/C=C/c1ccc(S(=O)(=O)NCc2ccco2)cc1)NCCCc1ccccc1. The smallest absolute Gasteiger partial charge is 0.331 e. The molecule has 3 rings (SSSR count). The highest BCUT2D eigenvalue weighted by molar-refractivity contribution is 7.89. The number of ether oxygens (including phenoxy) is 1. The molecule has 1 heterocycles. The molecule has 0 fully saturated rings. The van der Waals surface area contributed by atoms with Gasteiger partial charge >= 0.3 is 5.97 Å². The quantitative estimate of drug-likeness (QED) is 0.233. The van der Waals surface area contributed by atoms with Gasteiger partial charge in [-0.25, -0.2) is 17.9 Å². The molecule has 2 N–H and O–H groups in total. The molecule has 3 aromatic rings. The predicted molar refractivity (Wildman–Crippen MR) is 127 cm³/mol. The number of benzene rings is 2. The monoisotopic (exact) mass is 482 g/mol. The Balaban J connectivity index is 1.37. The minimum atomic E-state index is -3.70.